The summed E-state index contributed by atoms with van der Waals surface area (Å²) in [7, 11) is 0. The maximum Gasteiger partial charge on any atom is 0.339 e. The van der Waals surface area contributed by atoms with Gasteiger partial charge in [-0.2, -0.15) is 0 Å². The number of Topliss-reactive ketones (excluding diaryl/α,β-unsaturated/α-hetero) is 1. The predicted molar refractivity (Wildman–Crippen MR) is 132 cm³/mol. The molecule has 34 heavy (non-hydrogen) atoms. The summed E-state index contributed by atoms with van der Waals surface area (Å²) in [6.07, 6.45) is 1.36. The van der Waals surface area contributed by atoms with Crippen LogP contribution in [0.1, 0.15) is 31.7 Å². The zero-order valence-corrected chi connectivity index (χ0v) is 20.6. The first-order valence-corrected chi connectivity index (χ1v) is 12.1. The summed E-state index contributed by atoms with van der Waals surface area (Å²) >= 11 is 9.73. The normalized spacial score (nSPS) is 21.6. The Morgan fingerprint density at radius 2 is 2.03 bits per heavy atom. The summed E-state index contributed by atoms with van der Waals surface area (Å²) in [6, 6.07) is 12.3. The molecule has 2 aromatic carbocycles. The van der Waals surface area contributed by atoms with E-state index in [0.29, 0.717) is 45.0 Å². The van der Waals surface area contributed by atoms with Crippen molar-refractivity contribution in [3.63, 3.8) is 0 Å². The first-order valence-electron chi connectivity index (χ1n) is 10.9. The molecule has 7 nitrogen and oxygen atoms in total. The van der Waals surface area contributed by atoms with Gasteiger partial charge in [-0.25, -0.2) is 4.79 Å². The fourth-order valence-electron chi connectivity index (χ4n) is 5.19. The van der Waals surface area contributed by atoms with Crippen LogP contribution < -0.4 is 16.0 Å². The van der Waals surface area contributed by atoms with Crippen LogP contribution in [-0.4, -0.2) is 24.3 Å². The van der Waals surface area contributed by atoms with E-state index in [1.807, 2.05) is 0 Å². The molecular formula is C25H21BrClN3O4. The zero-order valence-electron chi connectivity index (χ0n) is 18.3. The molecule has 174 valence electrons. The second-order valence-corrected chi connectivity index (χ2v) is 9.64. The van der Waals surface area contributed by atoms with Crippen LogP contribution in [0.3, 0.4) is 0 Å². The number of halogens is 2. The molecule has 1 atom stereocenters. The molecule has 2 heterocycles. The van der Waals surface area contributed by atoms with Gasteiger partial charge in [-0.1, -0.05) is 33.6 Å². The van der Waals surface area contributed by atoms with Gasteiger partial charge in [0.15, 0.2) is 5.78 Å². The maximum absolute atomic E-state index is 13.8. The average Bonchev–Trinajstić information content (AvgIpc) is 3.06. The molecule has 0 radical (unpaired) electrons. The van der Waals surface area contributed by atoms with E-state index in [-0.39, 0.29) is 35.8 Å². The number of benzene rings is 2. The molecule has 0 bridgehead atoms. The Balaban J connectivity index is 1.91. The molecular weight excluding hydrogens is 522 g/mol. The number of hydrogen-bond acceptors (Lipinski definition) is 6. The van der Waals surface area contributed by atoms with Gasteiger partial charge in [-0.3, -0.25) is 14.5 Å². The fraction of sp³-hybridized carbons (Fsp3) is 0.240. The van der Waals surface area contributed by atoms with Crippen molar-refractivity contribution in [1.82, 2.24) is 0 Å². The Bertz CT molecular complexity index is 1340. The molecule has 2 aliphatic heterocycles. The van der Waals surface area contributed by atoms with Gasteiger partial charge < -0.3 is 15.8 Å². The van der Waals surface area contributed by atoms with E-state index in [1.165, 1.54) is 0 Å². The Hall–Kier alpha value is -3.10. The number of ether oxygens (including phenoxy) is 1. The monoisotopic (exact) mass is 541 g/mol. The zero-order chi connectivity index (χ0) is 24.2. The van der Waals surface area contributed by atoms with Crippen LogP contribution in [0, 0.1) is 0 Å². The molecule has 3 aliphatic rings. The summed E-state index contributed by atoms with van der Waals surface area (Å²) < 4.78 is 6.10. The quantitative estimate of drug-likeness (QED) is 0.552. The van der Waals surface area contributed by atoms with Crippen molar-refractivity contribution in [2.24, 2.45) is 5.73 Å². The van der Waals surface area contributed by atoms with Crippen LogP contribution in [0.5, 0.6) is 0 Å². The molecule has 0 aromatic heterocycles. The van der Waals surface area contributed by atoms with Crippen LogP contribution in [0.4, 0.5) is 11.4 Å². The lowest BCUT2D eigenvalue weighted by atomic mass is 9.63. The second-order valence-electron chi connectivity index (χ2n) is 8.29. The van der Waals surface area contributed by atoms with Crippen LogP contribution in [0.2, 0.25) is 5.02 Å². The van der Waals surface area contributed by atoms with E-state index >= 15 is 0 Å². The molecule has 0 fully saturated rings. The van der Waals surface area contributed by atoms with Gasteiger partial charge in [-0.05, 0) is 56.2 Å². The van der Waals surface area contributed by atoms with E-state index in [2.05, 4.69) is 21.2 Å². The number of hydrogen-bond donors (Lipinski definition) is 2. The molecule has 9 heteroatoms. The lowest BCUT2D eigenvalue weighted by molar-refractivity contribution is -0.140. The van der Waals surface area contributed by atoms with E-state index in [0.717, 1.165) is 0 Å². The summed E-state index contributed by atoms with van der Waals surface area (Å²) in [4.78, 5) is 42.6. The van der Waals surface area contributed by atoms with Gasteiger partial charge in [0.05, 0.1) is 6.61 Å². The molecule has 1 amide bonds. The largest absolute Gasteiger partial charge is 0.462 e. The minimum Gasteiger partial charge on any atom is -0.462 e. The summed E-state index contributed by atoms with van der Waals surface area (Å²) in [5.41, 5.74) is 7.39. The minimum atomic E-state index is -1.71. The number of nitrogens with two attached hydrogens (primary N) is 1. The number of esters is 1. The standard InChI is InChI=1S/C25H21BrClN3O4/c1-2-34-23(32)21-22(28)30(15-6-3-5-14(27)12-15)18-7-4-8-19(31)20(18)25(21)16-11-13(26)9-10-17(16)29-24(25)33/h3,5-6,9-12H,2,4,7-8,28H2,1H3,(H,29,33). The van der Waals surface area contributed by atoms with Crippen LogP contribution in [0.25, 0.3) is 0 Å². The lowest BCUT2D eigenvalue weighted by Gasteiger charge is -2.44. The third-order valence-corrected chi connectivity index (χ3v) is 7.15. The summed E-state index contributed by atoms with van der Waals surface area (Å²) in [6.45, 7) is 1.75. The highest BCUT2D eigenvalue weighted by Gasteiger charge is 2.62. The van der Waals surface area contributed by atoms with E-state index in [4.69, 9.17) is 22.1 Å². The minimum absolute atomic E-state index is 0.0390. The number of carbonyl (C=O) groups is 3. The van der Waals surface area contributed by atoms with Gasteiger partial charge >= 0.3 is 5.97 Å². The van der Waals surface area contributed by atoms with Crippen molar-refractivity contribution in [2.75, 3.05) is 16.8 Å². The van der Waals surface area contributed by atoms with Crippen molar-refractivity contribution < 1.29 is 19.1 Å². The van der Waals surface area contributed by atoms with Crippen molar-refractivity contribution >= 4 is 56.6 Å². The number of fused-ring (bicyclic) bond motifs is 3. The predicted octanol–water partition coefficient (Wildman–Crippen LogP) is 4.55. The summed E-state index contributed by atoms with van der Waals surface area (Å²) in [5, 5.41) is 3.34. The number of nitrogens with zero attached hydrogens (tertiary/aromatic N) is 1. The Morgan fingerprint density at radius 1 is 1.24 bits per heavy atom. The van der Waals surface area contributed by atoms with Crippen molar-refractivity contribution in [2.45, 2.75) is 31.6 Å². The number of nitrogens with one attached hydrogen (secondary N) is 1. The van der Waals surface area contributed by atoms with Gasteiger partial charge in [0.1, 0.15) is 16.8 Å². The number of ketones is 1. The first-order chi connectivity index (χ1) is 16.3. The molecule has 3 N–H and O–H groups in total. The van der Waals surface area contributed by atoms with Gasteiger partial charge in [0, 0.05) is 44.1 Å². The molecule has 1 aliphatic carbocycles. The van der Waals surface area contributed by atoms with Crippen LogP contribution in [-0.2, 0) is 24.5 Å². The highest BCUT2D eigenvalue weighted by molar-refractivity contribution is 9.10. The number of anilines is 2. The molecule has 1 spiro atoms. The third-order valence-electron chi connectivity index (χ3n) is 6.42. The molecule has 1 unspecified atom stereocenters. The van der Waals surface area contributed by atoms with Crippen LogP contribution >= 0.6 is 27.5 Å². The topological polar surface area (TPSA) is 102 Å². The number of allylic oxidation sites excluding steroid dienone is 1. The average molecular weight is 543 g/mol. The highest BCUT2D eigenvalue weighted by Crippen LogP contribution is 2.56. The SMILES string of the molecule is CCOC(=O)C1=C(N)N(c2cccc(Cl)c2)C2=C(C(=O)CCC2)C12C(=O)Nc1ccc(Br)cc12. The molecule has 5 rings (SSSR count). The molecule has 0 saturated heterocycles. The number of rotatable bonds is 3. The van der Waals surface area contributed by atoms with E-state index in [1.54, 1.807) is 54.3 Å². The van der Waals surface area contributed by atoms with Crippen LogP contribution in [0.15, 0.2) is 69.6 Å². The third kappa shape index (κ3) is 3.12. The Kier molecular flexibility index (Phi) is 5.53. The first kappa shape index (κ1) is 22.7. The number of amides is 1. The second kappa shape index (κ2) is 8.29. The lowest BCUT2D eigenvalue weighted by Crippen LogP contribution is -2.53. The van der Waals surface area contributed by atoms with Crippen molar-refractivity contribution in [3.8, 4) is 0 Å². The molecule has 0 saturated carbocycles. The van der Waals surface area contributed by atoms with Crippen molar-refractivity contribution in [1.29, 1.82) is 0 Å². The smallest absolute Gasteiger partial charge is 0.339 e. The van der Waals surface area contributed by atoms with Crippen molar-refractivity contribution in [3.05, 3.63) is 80.2 Å². The van der Waals surface area contributed by atoms with E-state index < -0.39 is 17.3 Å². The maximum atomic E-state index is 13.8. The van der Waals surface area contributed by atoms with Gasteiger partial charge in [-0.15, -0.1) is 0 Å². The van der Waals surface area contributed by atoms with Gasteiger partial charge in [0.2, 0.25) is 5.91 Å². The Labute approximate surface area is 209 Å². The molecule has 2 aromatic rings. The summed E-state index contributed by atoms with van der Waals surface area (Å²) in [5.74, 6) is -1.41. The van der Waals surface area contributed by atoms with Gasteiger partial charge in [0.25, 0.3) is 0 Å². The van der Waals surface area contributed by atoms with E-state index in [9.17, 15) is 14.4 Å². The highest BCUT2D eigenvalue weighted by atomic mass is 79.9. The Morgan fingerprint density at radius 3 is 2.76 bits per heavy atom. The fourth-order valence-corrected chi connectivity index (χ4v) is 5.74. The number of carbonyl (C=O) groups excluding carboxylic acids is 3.